The van der Waals surface area contributed by atoms with Gasteiger partial charge >= 0.3 is 0 Å². The lowest BCUT2D eigenvalue weighted by Gasteiger charge is -2.09. The van der Waals surface area contributed by atoms with Crippen LogP contribution in [0.1, 0.15) is 11.1 Å². The van der Waals surface area contributed by atoms with Crippen molar-refractivity contribution in [1.82, 2.24) is 10.3 Å². The zero-order valence-electron chi connectivity index (χ0n) is 15.8. The lowest BCUT2D eigenvalue weighted by molar-refractivity contribution is -0.123. The molecule has 1 amide bonds. The minimum absolute atomic E-state index is 0.0535. The number of hydrogen-bond donors (Lipinski definition) is 1. The van der Waals surface area contributed by atoms with Crippen molar-refractivity contribution in [2.75, 3.05) is 6.61 Å². The van der Waals surface area contributed by atoms with Crippen LogP contribution in [-0.2, 0) is 11.3 Å². The minimum atomic E-state index is -0.194. The Kier molecular flexibility index (Phi) is 5.49. The quantitative estimate of drug-likeness (QED) is 0.480. The van der Waals surface area contributed by atoms with E-state index < -0.39 is 0 Å². The maximum atomic E-state index is 12.0. The van der Waals surface area contributed by atoms with E-state index in [1.165, 1.54) is 0 Å². The smallest absolute Gasteiger partial charge is 0.258 e. The molecule has 1 heterocycles. The SMILES string of the molecule is Cc1cc(OCC(=O)NCc2ccc(-c3nc4ccccc4o3)cc2)ccc1Cl. The summed E-state index contributed by atoms with van der Waals surface area (Å²) in [5.41, 5.74) is 4.35. The number of carbonyl (C=O) groups excluding carboxylic acids is 1. The number of amides is 1. The molecule has 0 saturated carbocycles. The molecule has 146 valence electrons. The first-order chi connectivity index (χ1) is 14.1. The minimum Gasteiger partial charge on any atom is -0.484 e. The van der Waals surface area contributed by atoms with Gasteiger partial charge in [-0.05, 0) is 60.5 Å². The molecular weight excluding hydrogens is 388 g/mol. The van der Waals surface area contributed by atoms with Gasteiger partial charge in [-0.15, -0.1) is 0 Å². The molecule has 0 spiro atoms. The van der Waals surface area contributed by atoms with E-state index in [0.717, 1.165) is 27.8 Å². The van der Waals surface area contributed by atoms with E-state index in [2.05, 4.69) is 10.3 Å². The average molecular weight is 407 g/mol. The number of carbonyl (C=O) groups is 1. The fourth-order valence-corrected chi connectivity index (χ4v) is 2.99. The van der Waals surface area contributed by atoms with E-state index >= 15 is 0 Å². The lowest BCUT2D eigenvalue weighted by atomic mass is 10.1. The molecule has 0 atom stereocenters. The third kappa shape index (κ3) is 4.58. The highest BCUT2D eigenvalue weighted by atomic mass is 35.5. The Bertz CT molecular complexity index is 1120. The third-order valence-corrected chi connectivity index (χ3v) is 4.91. The lowest BCUT2D eigenvalue weighted by Crippen LogP contribution is -2.28. The van der Waals surface area contributed by atoms with E-state index in [1.807, 2.05) is 55.5 Å². The van der Waals surface area contributed by atoms with Gasteiger partial charge in [0.2, 0.25) is 5.89 Å². The van der Waals surface area contributed by atoms with Crippen molar-refractivity contribution in [3.8, 4) is 17.2 Å². The number of aromatic nitrogens is 1. The Morgan fingerprint density at radius 2 is 1.90 bits per heavy atom. The third-order valence-electron chi connectivity index (χ3n) is 4.48. The average Bonchev–Trinajstić information content (AvgIpc) is 3.18. The zero-order chi connectivity index (χ0) is 20.2. The summed E-state index contributed by atoms with van der Waals surface area (Å²) >= 11 is 5.99. The van der Waals surface area contributed by atoms with E-state index in [9.17, 15) is 4.79 Å². The molecule has 29 heavy (non-hydrogen) atoms. The Hall–Kier alpha value is -3.31. The molecule has 0 saturated heterocycles. The van der Waals surface area contributed by atoms with Crippen LogP contribution in [0.15, 0.2) is 71.1 Å². The number of halogens is 1. The maximum Gasteiger partial charge on any atom is 0.258 e. The monoisotopic (exact) mass is 406 g/mol. The predicted octanol–water partition coefficient (Wildman–Crippen LogP) is 5.15. The Morgan fingerprint density at radius 1 is 1.10 bits per heavy atom. The van der Waals surface area contributed by atoms with Gasteiger partial charge in [0.25, 0.3) is 5.91 Å². The van der Waals surface area contributed by atoms with Crippen molar-refractivity contribution in [3.63, 3.8) is 0 Å². The first-order valence-electron chi connectivity index (χ1n) is 9.19. The van der Waals surface area contributed by atoms with Crippen molar-refractivity contribution in [3.05, 3.63) is 82.9 Å². The van der Waals surface area contributed by atoms with Crippen LogP contribution in [0.3, 0.4) is 0 Å². The van der Waals surface area contributed by atoms with Gasteiger partial charge in [-0.1, -0.05) is 35.9 Å². The van der Waals surface area contributed by atoms with Crippen LogP contribution in [0.4, 0.5) is 0 Å². The number of benzene rings is 3. The van der Waals surface area contributed by atoms with Gasteiger partial charge in [-0.2, -0.15) is 0 Å². The number of para-hydroxylation sites is 2. The fraction of sp³-hybridized carbons (Fsp3) is 0.130. The highest BCUT2D eigenvalue weighted by Crippen LogP contribution is 2.24. The molecule has 6 heteroatoms. The molecule has 0 unspecified atom stereocenters. The Labute approximate surface area is 173 Å². The van der Waals surface area contributed by atoms with Crippen LogP contribution in [0.25, 0.3) is 22.6 Å². The largest absolute Gasteiger partial charge is 0.484 e. The maximum absolute atomic E-state index is 12.0. The molecule has 0 aliphatic heterocycles. The summed E-state index contributed by atoms with van der Waals surface area (Å²) in [5, 5.41) is 3.52. The topological polar surface area (TPSA) is 64.4 Å². The number of oxazole rings is 1. The molecule has 3 aromatic carbocycles. The molecule has 0 fully saturated rings. The molecule has 0 aliphatic rings. The predicted molar refractivity (Wildman–Crippen MR) is 113 cm³/mol. The van der Waals surface area contributed by atoms with Gasteiger partial charge in [0, 0.05) is 17.1 Å². The van der Waals surface area contributed by atoms with Gasteiger partial charge in [-0.25, -0.2) is 4.98 Å². The number of aryl methyl sites for hydroxylation is 1. The summed E-state index contributed by atoms with van der Waals surface area (Å²) in [5.74, 6) is 0.999. The van der Waals surface area contributed by atoms with Crippen LogP contribution in [-0.4, -0.2) is 17.5 Å². The molecule has 0 aliphatic carbocycles. The van der Waals surface area contributed by atoms with E-state index in [4.69, 9.17) is 20.8 Å². The number of nitrogens with zero attached hydrogens (tertiary/aromatic N) is 1. The number of hydrogen-bond acceptors (Lipinski definition) is 4. The number of rotatable bonds is 6. The van der Waals surface area contributed by atoms with Gasteiger partial charge in [0.05, 0.1) is 0 Å². The molecule has 4 aromatic rings. The second kappa shape index (κ2) is 8.37. The van der Waals surface area contributed by atoms with Crippen molar-refractivity contribution < 1.29 is 13.9 Å². The van der Waals surface area contributed by atoms with E-state index in [0.29, 0.717) is 23.2 Å². The van der Waals surface area contributed by atoms with Gasteiger partial charge < -0.3 is 14.5 Å². The van der Waals surface area contributed by atoms with Crippen LogP contribution < -0.4 is 10.1 Å². The molecule has 0 bridgehead atoms. The number of fused-ring (bicyclic) bond motifs is 1. The molecule has 0 radical (unpaired) electrons. The van der Waals surface area contributed by atoms with Crippen LogP contribution >= 0.6 is 11.6 Å². The van der Waals surface area contributed by atoms with E-state index in [-0.39, 0.29) is 12.5 Å². The molecule has 5 nitrogen and oxygen atoms in total. The number of nitrogens with one attached hydrogen (secondary N) is 1. The molecule has 4 rings (SSSR count). The second-order valence-corrected chi connectivity index (χ2v) is 7.07. The summed E-state index contributed by atoms with van der Waals surface area (Å²) < 4.78 is 11.3. The molecular formula is C23H19ClN2O3. The van der Waals surface area contributed by atoms with Crippen LogP contribution in [0.5, 0.6) is 5.75 Å². The summed E-state index contributed by atoms with van der Waals surface area (Å²) in [6.07, 6.45) is 0. The Balaban J connectivity index is 1.31. The Morgan fingerprint density at radius 3 is 2.66 bits per heavy atom. The van der Waals surface area contributed by atoms with E-state index in [1.54, 1.807) is 18.2 Å². The summed E-state index contributed by atoms with van der Waals surface area (Å²) in [6, 6.07) is 20.7. The molecule has 1 N–H and O–H groups in total. The summed E-state index contributed by atoms with van der Waals surface area (Å²) in [6.45, 7) is 2.25. The van der Waals surface area contributed by atoms with Crippen molar-refractivity contribution >= 4 is 28.6 Å². The standard InChI is InChI=1S/C23H19ClN2O3/c1-15-12-18(10-11-19(15)24)28-14-22(27)25-13-16-6-8-17(9-7-16)23-26-20-4-2-3-5-21(20)29-23/h2-12H,13-14H2,1H3,(H,25,27). The zero-order valence-corrected chi connectivity index (χ0v) is 16.6. The normalized spacial score (nSPS) is 10.8. The van der Waals surface area contributed by atoms with Gasteiger partial charge in [-0.3, -0.25) is 4.79 Å². The van der Waals surface area contributed by atoms with Crippen molar-refractivity contribution in [1.29, 1.82) is 0 Å². The van der Waals surface area contributed by atoms with Gasteiger partial charge in [0.15, 0.2) is 12.2 Å². The van der Waals surface area contributed by atoms with Crippen LogP contribution in [0.2, 0.25) is 5.02 Å². The summed E-state index contributed by atoms with van der Waals surface area (Å²) in [7, 11) is 0. The second-order valence-electron chi connectivity index (χ2n) is 6.66. The van der Waals surface area contributed by atoms with Crippen molar-refractivity contribution in [2.45, 2.75) is 13.5 Å². The summed E-state index contributed by atoms with van der Waals surface area (Å²) in [4.78, 5) is 16.5. The van der Waals surface area contributed by atoms with Gasteiger partial charge in [0.1, 0.15) is 11.3 Å². The van der Waals surface area contributed by atoms with Crippen molar-refractivity contribution in [2.24, 2.45) is 0 Å². The first-order valence-corrected chi connectivity index (χ1v) is 9.57. The first kappa shape index (κ1) is 19.0. The molecule has 1 aromatic heterocycles. The highest BCUT2D eigenvalue weighted by Gasteiger charge is 2.08. The number of ether oxygens (including phenoxy) is 1. The highest BCUT2D eigenvalue weighted by molar-refractivity contribution is 6.31. The fourth-order valence-electron chi connectivity index (χ4n) is 2.87. The van der Waals surface area contributed by atoms with Crippen LogP contribution in [0, 0.1) is 6.92 Å².